The van der Waals surface area contributed by atoms with E-state index in [0.717, 1.165) is 53.2 Å². The second kappa shape index (κ2) is 7.56. The van der Waals surface area contributed by atoms with Crippen molar-refractivity contribution in [1.29, 1.82) is 0 Å². The number of hydroxylamine groups is 2. The maximum Gasteiger partial charge on any atom is 0.207 e. The largest absolute Gasteiger partial charge is 0.603 e. The minimum Gasteiger partial charge on any atom is -0.603 e. The van der Waals surface area contributed by atoms with E-state index in [0.29, 0.717) is 18.3 Å². The van der Waals surface area contributed by atoms with Crippen LogP contribution in [0.1, 0.15) is 35.4 Å². The van der Waals surface area contributed by atoms with Crippen LogP contribution in [0.4, 0.5) is 0 Å². The molecule has 0 radical (unpaired) electrons. The molecule has 2 unspecified atom stereocenters. The van der Waals surface area contributed by atoms with Crippen LogP contribution in [-0.2, 0) is 0 Å². The summed E-state index contributed by atoms with van der Waals surface area (Å²) in [5.41, 5.74) is 11.6. The van der Waals surface area contributed by atoms with Crippen LogP contribution in [0.2, 0.25) is 0 Å². The van der Waals surface area contributed by atoms with Gasteiger partial charge in [-0.3, -0.25) is 4.98 Å². The Kier molecular flexibility index (Phi) is 4.85. The third-order valence-electron chi connectivity index (χ3n) is 6.09. The minimum atomic E-state index is -0.660. The Balaban J connectivity index is 1.72. The molecular weight excluding hydrogens is 390 g/mol. The summed E-state index contributed by atoms with van der Waals surface area (Å²) >= 11 is 0. The number of amidine groups is 1. The van der Waals surface area contributed by atoms with Crippen molar-refractivity contribution in [2.75, 3.05) is 19.8 Å². The molecule has 1 saturated heterocycles. The number of aryl methyl sites for hydroxylation is 2. The lowest BCUT2D eigenvalue weighted by Crippen LogP contribution is -2.55. The van der Waals surface area contributed by atoms with Crippen molar-refractivity contribution in [1.82, 2.24) is 15.2 Å². The Bertz CT molecular complexity index is 1080. The van der Waals surface area contributed by atoms with Crippen LogP contribution < -0.4 is 11.1 Å². The van der Waals surface area contributed by atoms with Gasteiger partial charge in [0.15, 0.2) is 6.67 Å². The normalized spacial score (nSPS) is 25.9. The van der Waals surface area contributed by atoms with Crippen molar-refractivity contribution in [3.63, 3.8) is 0 Å². The van der Waals surface area contributed by atoms with Gasteiger partial charge in [0.1, 0.15) is 6.04 Å². The number of benzene rings is 1. The monoisotopic (exact) mass is 417 g/mol. The highest BCUT2D eigenvalue weighted by Gasteiger charge is 2.45. The van der Waals surface area contributed by atoms with E-state index < -0.39 is 4.76 Å². The fraction of sp³-hybridized carbons (Fsp3) is 0.348. The predicted octanol–water partition coefficient (Wildman–Crippen LogP) is 2.55. The molecule has 0 spiro atoms. The number of nitrogens with one attached hydrogen (secondary N) is 1. The molecular formula is C23H27N7O. The highest BCUT2D eigenvalue weighted by molar-refractivity contribution is 6.35. The molecule has 2 atom stereocenters. The number of piperidine rings is 1. The zero-order chi connectivity index (χ0) is 21.6. The maximum absolute atomic E-state index is 13.8. The second-order valence-corrected chi connectivity index (χ2v) is 8.45. The molecule has 8 heteroatoms. The molecule has 2 aromatic rings. The number of hydrogen-bond acceptors (Lipinski definition) is 7. The molecule has 0 bridgehead atoms. The average molecular weight is 418 g/mol. The number of nitrogens with two attached hydrogens (primary N) is 1. The first-order valence-corrected chi connectivity index (χ1v) is 10.7. The number of nitrogens with zero attached hydrogens (tertiary/aromatic N) is 5. The van der Waals surface area contributed by atoms with Gasteiger partial charge in [-0.15, -0.1) is 0 Å². The third kappa shape index (κ3) is 3.52. The van der Waals surface area contributed by atoms with Crippen LogP contribution in [0, 0.1) is 19.1 Å². The SMILES string of the molecule is Cc1cc(C2=C(c3ccccc3)N=C(N)N3C[N+]([O-])(C4CCCNC4)N=C23)cc(C)n1. The van der Waals surface area contributed by atoms with Gasteiger partial charge in [-0.1, -0.05) is 35.4 Å². The third-order valence-corrected chi connectivity index (χ3v) is 6.09. The molecule has 0 amide bonds. The van der Waals surface area contributed by atoms with Crippen molar-refractivity contribution >= 4 is 23.1 Å². The summed E-state index contributed by atoms with van der Waals surface area (Å²) in [7, 11) is 0. The summed E-state index contributed by atoms with van der Waals surface area (Å²) in [5.74, 6) is 0.903. The number of pyridine rings is 1. The number of fused-ring (bicyclic) bond motifs is 1. The molecule has 8 nitrogen and oxygen atoms in total. The van der Waals surface area contributed by atoms with E-state index in [-0.39, 0.29) is 12.7 Å². The summed E-state index contributed by atoms with van der Waals surface area (Å²) < 4.78 is -0.660. The summed E-state index contributed by atoms with van der Waals surface area (Å²) in [6.07, 6.45) is 1.82. The lowest BCUT2D eigenvalue weighted by Gasteiger charge is -2.41. The predicted molar refractivity (Wildman–Crippen MR) is 122 cm³/mol. The second-order valence-electron chi connectivity index (χ2n) is 8.45. The van der Waals surface area contributed by atoms with Crippen LogP contribution in [0.15, 0.2) is 52.6 Å². The number of aliphatic imine (C=N–C) groups is 1. The molecule has 0 saturated carbocycles. The number of guanidine groups is 1. The van der Waals surface area contributed by atoms with E-state index in [2.05, 4.69) is 10.3 Å². The molecule has 4 heterocycles. The van der Waals surface area contributed by atoms with Crippen molar-refractivity contribution in [2.45, 2.75) is 32.7 Å². The van der Waals surface area contributed by atoms with Gasteiger partial charge in [0.2, 0.25) is 11.8 Å². The van der Waals surface area contributed by atoms with Crippen molar-refractivity contribution in [3.8, 4) is 0 Å². The zero-order valence-corrected chi connectivity index (χ0v) is 17.9. The quantitative estimate of drug-likeness (QED) is 0.590. The molecule has 1 aromatic carbocycles. The first-order valence-electron chi connectivity index (χ1n) is 10.7. The van der Waals surface area contributed by atoms with Gasteiger partial charge in [0.05, 0.1) is 17.8 Å². The molecule has 1 aromatic heterocycles. The standard InChI is InChI=1S/C23H27N7O/c1-15-11-18(12-16(2)26-15)20-21(17-7-4-3-5-8-17)27-23(24)29-14-30(31,28-22(20)29)19-9-6-10-25-13-19/h3-5,7-8,11-12,19,25H,6,9-10,13-14H2,1-2H3,(H2,24,27). The molecule has 3 aliphatic heterocycles. The number of aromatic nitrogens is 1. The van der Waals surface area contributed by atoms with Gasteiger partial charge in [0.25, 0.3) is 0 Å². The van der Waals surface area contributed by atoms with Crippen LogP contribution in [0.25, 0.3) is 11.3 Å². The molecule has 3 aliphatic rings. The fourth-order valence-corrected chi connectivity index (χ4v) is 4.64. The first-order chi connectivity index (χ1) is 14.9. The van der Waals surface area contributed by atoms with E-state index in [1.807, 2.05) is 56.3 Å². The molecule has 1 fully saturated rings. The Labute approximate surface area is 182 Å². The Hall–Kier alpha value is -3.07. The molecule has 5 rings (SSSR count). The van der Waals surface area contributed by atoms with Crippen molar-refractivity contribution in [2.24, 2.45) is 15.8 Å². The topological polar surface area (TPSA) is 102 Å². The highest BCUT2D eigenvalue weighted by Crippen LogP contribution is 2.38. The van der Waals surface area contributed by atoms with E-state index in [1.54, 1.807) is 4.90 Å². The molecule has 3 N–H and O–H groups in total. The lowest BCUT2D eigenvalue weighted by molar-refractivity contribution is -0.911. The number of rotatable bonds is 3. The van der Waals surface area contributed by atoms with Gasteiger partial charge in [-0.05, 0) is 44.5 Å². The summed E-state index contributed by atoms with van der Waals surface area (Å²) in [4.78, 5) is 11.0. The molecule has 160 valence electrons. The summed E-state index contributed by atoms with van der Waals surface area (Å²) in [6, 6.07) is 13.8. The van der Waals surface area contributed by atoms with Crippen LogP contribution in [0.5, 0.6) is 0 Å². The summed E-state index contributed by atoms with van der Waals surface area (Å²) in [5, 5.41) is 21.9. The minimum absolute atomic E-state index is 0.137. The Morgan fingerprint density at radius 3 is 2.55 bits per heavy atom. The van der Waals surface area contributed by atoms with Crippen LogP contribution >= 0.6 is 0 Å². The molecule has 31 heavy (non-hydrogen) atoms. The highest BCUT2D eigenvalue weighted by atomic mass is 16.6. The van der Waals surface area contributed by atoms with E-state index in [9.17, 15) is 5.21 Å². The Morgan fingerprint density at radius 2 is 1.87 bits per heavy atom. The van der Waals surface area contributed by atoms with Crippen molar-refractivity contribution < 1.29 is 4.76 Å². The maximum atomic E-state index is 13.8. The Morgan fingerprint density at radius 1 is 1.13 bits per heavy atom. The smallest absolute Gasteiger partial charge is 0.207 e. The fourth-order valence-electron chi connectivity index (χ4n) is 4.64. The number of quaternary nitrogens is 1. The van der Waals surface area contributed by atoms with E-state index in [4.69, 9.17) is 15.8 Å². The van der Waals surface area contributed by atoms with E-state index >= 15 is 0 Å². The van der Waals surface area contributed by atoms with E-state index in [1.165, 1.54) is 0 Å². The summed E-state index contributed by atoms with van der Waals surface area (Å²) in [6.45, 7) is 5.68. The van der Waals surface area contributed by atoms with Gasteiger partial charge in [0, 0.05) is 23.4 Å². The lowest BCUT2D eigenvalue weighted by atomic mass is 9.96. The molecule has 0 aliphatic carbocycles. The van der Waals surface area contributed by atoms with Gasteiger partial charge >= 0.3 is 0 Å². The van der Waals surface area contributed by atoms with Crippen LogP contribution in [0.3, 0.4) is 0 Å². The van der Waals surface area contributed by atoms with Gasteiger partial charge in [-0.25, -0.2) is 14.6 Å². The van der Waals surface area contributed by atoms with Gasteiger partial charge in [-0.2, -0.15) is 0 Å². The van der Waals surface area contributed by atoms with Crippen LogP contribution in [-0.4, -0.2) is 52.2 Å². The zero-order valence-electron chi connectivity index (χ0n) is 17.9. The van der Waals surface area contributed by atoms with Gasteiger partial charge < -0.3 is 16.3 Å². The number of hydrogen-bond donors (Lipinski definition) is 2. The average Bonchev–Trinajstić information content (AvgIpc) is 3.13. The first kappa shape index (κ1) is 19.9. The van der Waals surface area contributed by atoms with Crippen molar-refractivity contribution in [3.05, 3.63) is 70.2 Å².